The van der Waals surface area contributed by atoms with Gasteiger partial charge in [-0.3, -0.25) is 9.97 Å². The van der Waals surface area contributed by atoms with Gasteiger partial charge in [-0.15, -0.1) is 11.3 Å². The average molecular weight is 312 g/mol. The number of rotatable bonds is 5. The molecule has 6 nitrogen and oxygen atoms in total. The van der Waals surface area contributed by atoms with Gasteiger partial charge in [0.15, 0.2) is 0 Å². The Hall–Kier alpha value is -1.35. The van der Waals surface area contributed by atoms with Crippen LogP contribution in [0.4, 0.5) is 0 Å². The van der Waals surface area contributed by atoms with E-state index in [-0.39, 0.29) is 10.8 Å². The van der Waals surface area contributed by atoms with Gasteiger partial charge in [0.25, 0.3) is 0 Å². The highest BCUT2D eigenvalue weighted by molar-refractivity contribution is 7.91. The van der Waals surface area contributed by atoms with Crippen LogP contribution >= 0.6 is 11.3 Å². The van der Waals surface area contributed by atoms with Crippen LogP contribution in [-0.4, -0.2) is 18.4 Å². The Balaban J connectivity index is 2.12. The number of aryl methyl sites for hydroxylation is 2. The molecule has 0 aliphatic heterocycles. The summed E-state index contributed by atoms with van der Waals surface area (Å²) in [6.07, 6.45) is 3.16. The van der Waals surface area contributed by atoms with Crippen molar-refractivity contribution in [1.82, 2.24) is 14.7 Å². The molecule has 0 saturated heterocycles. The van der Waals surface area contributed by atoms with E-state index in [4.69, 9.17) is 5.73 Å². The molecule has 108 valence electrons. The maximum absolute atomic E-state index is 12.2. The number of nitrogens with one attached hydrogen (secondary N) is 1. The van der Waals surface area contributed by atoms with Crippen LogP contribution in [0.3, 0.4) is 0 Å². The van der Waals surface area contributed by atoms with Gasteiger partial charge in [0.1, 0.15) is 4.21 Å². The van der Waals surface area contributed by atoms with Gasteiger partial charge in [-0.2, -0.15) is 0 Å². The van der Waals surface area contributed by atoms with Gasteiger partial charge < -0.3 is 5.73 Å². The molecule has 0 radical (unpaired) electrons. The first kappa shape index (κ1) is 15.0. The molecule has 3 N–H and O–H groups in total. The Morgan fingerprint density at radius 1 is 1.30 bits per heavy atom. The van der Waals surface area contributed by atoms with E-state index in [1.54, 1.807) is 18.5 Å². The van der Waals surface area contributed by atoms with E-state index >= 15 is 0 Å². The van der Waals surface area contributed by atoms with Crippen LogP contribution in [0.2, 0.25) is 0 Å². The average Bonchev–Trinajstić information content (AvgIpc) is 2.80. The second-order valence-electron chi connectivity index (χ2n) is 4.35. The predicted octanol–water partition coefficient (Wildman–Crippen LogP) is 1.09. The van der Waals surface area contributed by atoms with Crippen LogP contribution in [0, 0.1) is 13.8 Å². The fourth-order valence-corrected chi connectivity index (χ4v) is 4.09. The summed E-state index contributed by atoms with van der Waals surface area (Å²) in [5.41, 5.74) is 7.83. The van der Waals surface area contributed by atoms with Crippen molar-refractivity contribution in [2.24, 2.45) is 5.73 Å². The van der Waals surface area contributed by atoms with Gasteiger partial charge >= 0.3 is 0 Å². The number of hydrogen-bond acceptors (Lipinski definition) is 6. The van der Waals surface area contributed by atoms with Crippen molar-refractivity contribution >= 4 is 21.4 Å². The maximum atomic E-state index is 12.2. The second-order valence-corrected chi connectivity index (χ2v) is 7.48. The molecular weight excluding hydrogens is 296 g/mol. The Morgan fingerprint density at radius 3 is 2.60 bits per heavy atom. The lowest BCUT2D eigenvalue weighted by molar-refractivity contribution is 0.582. The minimum absolute atomic E-state index is 0.116. The Bertz CT molecular complexity index is 693. The zero-order valence-electron chi connectivity index (χ0n) is 11.3. The van der Waals surface area contributed by atoms with E-state index in [1.807, 2.05) is 13.8 Å². The number of hydrogen-bond donors (Lipinski definition) is 2. The molecule has 0 atom stereocenters. The molecule has 2 rings (SSSR count). The maximum Gasteiger partial charge on any atom is 0.250 e. The first-order valence-electron chi connectivity index (χ1n) is 5.99. The summed E-state index contributed by atoms with van der Waals surface area (Å²) < 4.78 is 27.1. The third-order valence-corrected chi connectivity index (χ3v) is 5.86. The van der Waals surface area contributed by atoms with E-state index in [1.165, 1.54) is 11.3 Å². The van der Waals surface area contributed by atoms with Crippen molar-refractivity contribution in [2.75, 3.05) is 0 Å². The van der Waals surface area contributed by atoms with Crippen LogP contribution < -0.4 is 10.5 Å². The van der Waals surface area contributed by atoms with Crippen molar-refractivity contribution in [2.45, 2.75) is 31.1 Å². The zero-order chi connectivity index (χ0) is 14.8. The van der Waals surface area contributed by atoms with Crippen molar-refractivity contribution < 1.29 is 8.42 Å². The van der Waals surface area contributed by atoms with Crippen molar-refractivity contribution in [1.29, 1.82) is 0 Å². The molecule has 0 unspecified atom stereocenters. The predicted molar refractivity (Wildman–Crippen MR) is 77.7 cm³/mol. The highest BCUT2D eigenvalue weighted by Crippen LogP contribution is 2.25. The molecule has 0 aliphatic rings. The molecule has 0 amide bonds. The molecule has 0 bridgehead atoms. The van der Waals surface area contributed by atoms with E-state index < -0.39 is 10.0 Å². The van der Waals surface area contributed by atoms with Crippen LogP contribution in [-0.2, 0) is 23.1 Å². The normalized spacial score (nSPS) is 11.8. The van der Waals surface area contributed by atoms with E-state index in [0.717, 1.165) is 16.1 Å². The Labute approximate surface area is 122 Å². The van der Waals surface area contributed by atoms with Crippen molar-refractivity contribution in [3.05, 3.63) is 40.3 Å². The fourth-order valence-electron chi connectivity index (χ4n) is 1.57. The lowest BCUT2D eigenvalue weighted by atomic mass is 10.3. The van der Waals surface area contributed by atoms with Crippen molar-refractivity contribution in [3.8, 4) is 0 Å². The third kappa shape index (κ3) is 3.40. The number of sulfonamides is 1. The summed E-state index contributed by atoms with van der Waals surface area (Å²) in [7, 11) is -3.54. The first-order valence-corrected chi connectivity index (χ1v) is 8.29. The van der Waals surface area contributed by atoms with Crippen LogP contribution in [0.15, 0.2) is 22.7 Å². The molecule has 2 heterocycles. The molecule has 20 heavy (non-hydrogen) atoms. The lowest BCUT2D eigenvalue weighted by Crippen LogP contribution is -2.23. The lowest BCUT2D eigenvalue weighted by Gasteiger charge is -2.04. The molecule has 2 aromatic rings. The molecule has 0 spiro atoms. The number of thiophene rings is 1. The van der Waals surface area contributed by atoms with Crippen LogP contribution in [0.1, 0.15) is 21.8 Å². The number of aromatic nitrogens is 2. The molecule has 0 aromatic carbocycles. The summed E-state index contributed by atoms with van der Waals surface area (Å²) in [4.78, 5) is 9.06. The Morgan fingerprint density at radius 2 is 2.05 bits per heavy atom. The second kappa shape index (κ2) is 5.96. The van der Waals surface area contributed by atoms with Gasteiger partial charge in [-0.05, 0) is 25.5 Å². The molecular formula is C12H16N4O2S2. The van der Waals surface area contributed by atoms with Gasteiger partial charge in [0.2, 0.25) is 10.0 Å². The van der Waals surface area contributed by atoms with E-state index in [9.17, 15) is 8.42 Å². The Kier molecular flexibility index (Phi) is 4.48. The quantitative estimate of drug-likeness (QED) is 0.861. The minimum atomic E-state index is -3.54. The topological polar surface area (TPSA) is 98.0 Å². The largest absolute Gasteiger partial charge is 0.326 e. The fraction of sp³-hybridized carbons (Fsp3) is 0.333. The zero-order valence-corrected chi connectivity index (χ0v) is 12.9. The molecule has 0 fully saturated rings. The van der Waals surface area contributed by atoms with Gasteiger partial charge in [0.05, 0.1) is 24.1 Å². The van der Waals surface area contributed by atoms with Crippen LogP contribution in [0.5, 0.6) is 0 Å². The van der Waals surface area contributed by atoms with Gasteiger partial charge in [-0.1, -0.05) is 0 Å². The number of nitrogens with two attached hydrogens (primary N) is 1. The van der Waals surface area contributed by atoms with Gasteiger partial charge in [0, 0.05) is 17.6 Å². The monoisotopic (exact) mass is 312 g/mol. The summed E-state index contributed by atoms with van der Waals surface area (Å²) >= 11 is 1.19. The molecule has 0 aliphatic carbocycles. The highest BCUT2D eigenvalue weighted by Gasteiger charge is 2.18. The van der Waals surface area contributed by atoms with E-state index in [0.29, 0.717) is 12.2 Å². The molecule has 0 saturated carbocycles. The summed E-state index contributed by atoms with van der Waals surface area (Å²) in [6.45, 7) is 4.13. The summed E-state index contributed by atoms with van der Waals surface area (Å²) in [6, 6.07) is 1.63. The smallest absolute Gasteiger partial charge is 0.250 e. The number of nitrogens with zero attached hydrogens (tertiary/aromatic N) is 2. The minimum Gasteiger partial charge on any atom is -0.326 e. The van der Waals surface area contributed by atoms with Gasteiger partial charge in [-0.25, -0.2) is 13.1 Å². The SMILES string of the molecule is Cc1cnc(CNS(=O)(=O)c2cc(C)c(CN)s2)cn1. The van der Waals surface area contributed by atoms with Crippen LogP contribution in [0.25, 0.3) is 0 Å². The standard InChI is InChI=1S/C12H16N4O2S2/c1-8-3-12(19-11(8)4-13)20(17,18)16-7-10-6-14-9(2)5-15-10/h3,5-6,16H,4,7,13H2,1-2H3. The van der Waals surface area contributed by atoms with Crippen molar-refractivity contribution in [3.63, 3.8) is 0 Å². The third-order valence-electron chi connectivity index (χ3n) is 2.73. The molecule has 2 aromatic heterocycles. The summed E-state index contributed by atoms with van der Waals surface area (Å²) in [5, 5.41) is 0. The first-order chi connectivity index (χ1) is 9.42. The molecule has 8 heteroatoms. The van der Waals surface area contributed by atoms with E-state index in [2.05, 4.69) is 14.7 Å². The summed E-state index contributed by atoms with van der Waals surface area (Å²) in [5.74, 6) is 0. The highest BCUT2D eigenvalue weighted by atomic mass is 32.2.